The first kappa shape index (κ1) is 9.16. The lowest BCUT2D eigenvalue weighted by molar-refractivity contribution is 0.191. The van der Waals surface area contributed by atoms with E-state index in [1.165, 1.54) is 26.1 Å². The molecule has 1 aromatic rings. The number of alkyl halides is 1. The maximum absolute atomic E-state index is 2.60. The minimum absolute atomic E-state index is 0.801. The van der Waals surface area contributed by atoms with Crippen molar-refractivity contribution in [1.82, 2.24) is 4.90 Å². The third kappa shape index (κ3) is 1.48. The summed E-state index contributed by atoms with van der Waals surface area (Å²) in [5.41, 5.74) is 3.18. The third-order valence-electron chi connectivity index (χ3n) is 3.36. The summed E-state index contributed by atoms with van der Waals surface area (Å²) in [6, 6.07) is 8.97. The Morgan fingerprint density at radius 1 is 1.21 bits per heavy atom. The van der Waals surface area contributed by atoms with E-state index in [2.05, 4.69) is 51.8 Å². The van der Waals surface area contributed by atoms with Crippen molar-refractivity contribution in [3.8, 4) is 0 Å². The number of piperidine rings is 1. The monoisotopic (exact) mass is 299 g/mol. The molecule has 3 rings (SSSR count). The first-order valence-electron chi connectivity index (χ1n) is 5.27. The van der Waals surface area contributed by atoms with Gasteiger partial charge in [0.15, 0.2) is 0 Å². The van der Waals surface area contributed by atoms with E-state index >= 15 is 0 Å². The summed E-state index contributed by atoms with van der Waals surface area (Å²) < 4.78 is 0.847. The molecule has 1 saturated heterocycles. The van der Waals surface area contributed by atoms with Gasteiger partial charge in [-0.3, -0.25) is 4.90 Å². The maximum Gasteiger partial charge on any atom is 0.0243 e. The fraction of sp³-hybridized carbons (Fsp3) is 0.500. The first-order chi connectivity index (χ1) is 6.83. The van der Waals surface area contributed by atoms with Crippen molar-refractivity contribution in [3.63, 3.8) is 0 Å². The van der Waals surface area contributed by atoms with Gasteiger partial charge in [-0.05, 0) is 23.5 Å². The summed E-state index contributed by atoms with van der Waals surface area (Å²) in [7, 11) is 0. The van der Waals surface area contributed by atoms with Crippen LogP contribution in [0.2, 0.25) is 0 Å². The number of rotatable bonds is 0. The molecule has 2 heteroatoms. The van der Waals surface area contributed by atoms with Gasteiger partial charge in [-0.15, -0.1) is 0 Å². The number of hydrogen-bond donors (Lipinski definition) is 0. The Bertz CT molecular complexity index is 350. The first-order valence-corrected chi connectivity index (χ1v) is 6.52. The molecule has 14 heavy (non-hydrogen) atoms. The molecule has 1 unspecified atom stereocenters. The number of hydrogen-bond acceptors (Lipinski definition) is 1. The SMILES string of the molecule is I[C@H]1C[C@@H]2CN(Cc3ccccc32)C1. The summed E-state index contributed by atoms with van der Waals surface area (Å²) >= 11 is 2.60. The number of nitrogens with zero attached hydrogens (tertiary/aromatic N) is 1. The van der Waals surface area contributed by atoms with Crippen LogP contribution >= 0.6 is 22.6 Å². The van der Waals surface area contributed by atoms with E-state index in [9.17, 15) is 0 Å². The smallest absolute Gasteiger partial charge is 0.0243 e. The maximum atomic E-state index is 2.60. The topological polar surface area (TPSA) is 3.24 Å². The molecule has 2 heterocycles. The molecular formula is C12H14IN. The van der Waals surface area contributed by atoms with Gasteiger partial charge in [0, 0.05) is 23.6 Å². The van der Waals surface area contributed by atoms with Gasteiger partial charge in [-0.1, -0.05) is 46.9 Å². The third-order valence-corrected chi connectivity index (χ3v) is 4.27. The fourth-order valence-corrected chi connectivity index (χ4v) is 3.97. The largest absolute Gasteiger partial charge is 0.297 e. The average molecular weight is 299 g/mol. The predicted octanol–water partition coefficient (Wildman–Crippen LogP) is 2.79. The van der Waals surface area contributed by atoms with Gasteiger partial charge in [0.25, 0.3) is 0 Å². The van der Waals surface area contributed by atoms with E-state index < -0.39 is 0 Å². The summed E-state index contributed by atoms with van der Waals surface area (Å²) in [5, 5.41) is 0. The lowest BCUT2D eigenvalue weighted by Gasteiger charge is -2.41. The molecule has 0 N–H and O–H groups in total. The lowest BCUT2D eigenvalue weighted by atomic mass is 9.84. The molecule has 1 fully saturated rings. The van der Waals surface area contributed by atoms with Crippen molar-refractivity contribution in [3.05, 3.63) is 35.4 Å². The molecule has 3 atom stereocenters. The Morgan fingerprint density at radius 3 is 3.00 bits per heavy atom. The van der Waals surface area contributed by atoms with Crippen molar-refractivity contribution >= 4 is 22.6 Å². The van der Waals surface area contributed by atoms with Gasteiger partial charge in [0.1, 0.15) is 0 Å². The summed E-state index contributed by atoms with van der Waals surface area (Å²) in [6.07, 6.45) is 1.37. The molecule has 74 valence electrons. The summed E-state index contributed by atoms with van der Waals surface area (Å²) in [5.74, 6) is 0.801. The molecule has 0 spiro atoms. The van der Waals surface area contributed by atoms with Gasteiger partial charge < -0.3 is 0 Å². The highest BCUT2D eigenvalue weighted by atomic mass is 127. The zero-order valence-corrected chi connectivity index (χ0v) is 10.3. The fourth-order valence-electron chi connectivity index (χ4n) is 2.80. The highest BCUT2D eigenvalue weighted by Gasteiger charge is 2.31. The lowest BCUT2D eigenvalue weighted by Crippen LogP contribution is -2.43. The van der Waals surface area contributed by atoms with Gasteiger partial charge in [0.2, 0.25) is 0 Å². The van der Waals surface area contributed by atoms with E-state index in [1.54, 1.807) is 11.1 Å². The molecule has 2 bridgehead atoms. The van der Waals surface area contributed by atoms with Crippen LogP contribution in [0.3, 0.4) is 0 Å². The summed E-state index contributed by atoms with van der Waals surface area (Å²) in [6.45, 7) is 3.74. The number of benzene rings is 1. The molecule has 0 aliphatic carbocycles. The Hall–Kier alpha value is -0.0900. The molecular weight excluding hydrogens is 285 g/mol. The average Bonchev–Trinajstić information content (AvgIpc) is 2.17. The Balaban J connectivity index is 2.01. The Morgan fingerprint density at radius 2 is 2.07 bits per heavy atom. The second kappa shape index (κ2) is 3.49. The summed E-state index contributed by atoms with van der Waals surface area (Å²) in [4.78, 5) is 2.60. The van der Waals surface area contributed by atoms with Gasteiger partial charge >= 0.3 is 0 Å². The molecule has 0 amide bonds. The van der Waals surface area contributed by atoms with Crippen LogP contribution < -0.4 is 0 Å². The minimum atomic E-state index is 0.801. The van der Waals surface area contributed by atoms with E-state index in [0.29, 0.717) is 0 Å². The van der Waals surface area contributed by atoms with Crippen LogP contribution in [0.25, 0.3) is 0 Å². The van der Waals surface area contributed by atoms with Crippen LogP contribution in [-0.4, -0.2) is 21.9 Å². The highest BCUT2D eigenvalue weighted by Crippen LogP contribution is 2.37. The molecule has 1 aromatic carbocycles. The van der Waals surface area contributed by atoms with Gasteiger partial charge in [0.05, 0.1) is 0 Å². The highest BCUT2D eigenvalue weighted by molar-refractivity contribution is 14.1. The molecule has 0 radical (unpaired) electrons. The van der Waals surface area contributed by atoms with E-state index in [0.717, 1.165) is 9.84 Å². The van der Waals surface area contributed by atoms with Gasteiger partial charge in [-0.25, -0.2) is 0 Å². The van der Waals surface area contributed by atoms with Crippen molar-refractivity contribution < 1.29 is 0 Å². The zero-order valence-electron chi connectivity index (χ0n) is 8.12. The normalized spacial score (nSPS) is 35.1. The number of halogens is 1. The van der Waals surface area contributed by atoms with Crippen LogP contribution in [0.15, 0.2) is 24.3 Å². The van der Waals surface area contributed by atoms with Crippen LogP contribution in [0.4, 0.5) is 0 Å². The van der Waals surface area contributed by atoms with E-state index in [-0.39, 0.29) is 0 Å². The van der Waals surface area contributed by atoms with Crippen molar-refractivity contribution in [2.75, 3.05) is 13.1 Å². The molecule has 1 nitrogen and oxygen atoms in total. The number of fused-ring (bicyclic) bond motifs is 4. The quantitative estimate of drug-likeness (QED) is 0.526. The van der Waals surface area contributed by atoms with Crippen LogP contribution in [-0.2, 0) is 6.54 Å². The molecule has 2 aliphatic heterocycles. The van der Waals surface area contributed by atoms with Crippen LogP contribution in [0, 0.1) is 0 Å². The van der Waals surface area contributed by atoms with E-state index in [4.69, 9.17) is 0 Å². The standard InChI is InChI=1S/C12H14IN/c13-11-5-10-7-14(8-11)6-9-3-1-2-4-12(9)10/h1-4,10-11H,5-8H2/t10-,11+/m1/s1. The second-order valence-corrected chi connectivity index (χ2v) is 6.18. The van der Waals surface area contributed by atoms with Crippen molar-refractivity contribution in [2.45, 2.75) is 22.8 Å². The predicted molar refractivity (Wildman–Crippen MR) is 66.9 cm³/mol. The molecule has 0 aromatic heterocycles. The van der Waals surface area contributed by atoms with Crippen molar-refractivity contribution in [2.24, 2.45) is 0 Å². The Labute approximate surface area is 98.6 Å². The minimum Gasteiger partial charge on any atom is -0.297 e. The molecule has 0 saturated carbocycles. The van der Waals surface area contributed by atoms with Crippen molar-refractivity contribution in [1.29, 1.82) is 0 Å². The van der Waals surface area contributed by atoms with E-state index in [1.807, 2.05) is 0 Å². The Kier molecular flexibility index (Phi) is 2.28. The van der Waals surface area contributed by atoms with Crippen LogP contribution in [0.1, 0.15) is 23.5 Å². The van der Waals surface area contributed by atoms with Gasteiger partial charge in [-0.2, -0.15) is 0 Å². The zero-order chi connectivity index (χ0) is 9.54. The van der Waals surface area contributed by atoms with Crippen LogP contribution in [0.5, 0.6) is 0 Å². The molecule has 2 aliphatic rings. The second-order valence-electron chi connectivity index (χ2n) is 4.42.